The van der Waals surface area contributed by atoms with Gasteiger partial charge in [-0.1, -0.05) is 40.5 Å². The Bertz CT molecular complexity index is 228. The van der Waals surface area contributed by atoms with Gasteiger partial charge in [-0.15, -0.1) is 0 Å². The molecule has 80 valence electrons. The first-order chi connectivity index (χ1) is 6.70. The summed E-state index contributed by atoms with van der Waals surface area (Å²) < 4.78 is 5.54. The van der Waals surface area contributed by atoms with Crippen LogP contribution in [0.3, 0.4) is 0 Å². The van der Waals surface area contributed by atoms with Gasteiger partial charge in [0.1, 0.15) is 5.76 Å². The Labute approximate surface area is 87.5 Å². The Morgan fingerprint density at radius 3 is 2.07 bits per heavy atom. The normalized spacial score (nSPS) is 17.7. The second kappa shape index (κ2) is 5.23. The topological polar surface area (TPSA) is 13.1 Å². The van der Waals surface area contributed by atoms with Crippen molar-refractivity contribution < 1.29 is 4.42 Å². The molecule has 0 amide bonds. The Balaban J connectivity index is 2.82. The molecule has 0 aliphatic rings. The van der Waals surface area contributed by atoms with Crippen LogP contribution in [0.4, 0.5) is 0 Å². The third-order valence-electron chi connectivity index (χ3n) is 3.39. The highest BCUT2D eigenvalue weighted by Gasteiger charge is 2.25. The van der Waals surface area contributed by atoms with Crippen molar-refractivity contribution in [2.24, 2.45) is 11.8 Å². The highest BCUT2D eigenvalue weighted by molar-refractivity contribution is 5.07. The van der Waals surface area contributed by atoms with Gasteiger partial charge in [-0.3, -0.25) is 0 Å². The van der Waals surface area contributed by atoms with Gasteiger partial charge in [-0.25, -0.2) is 0 Å². The van der Waals surface area contributed by atoms with Crippen LogP contribution in [0.15, 0.2) is 22.8 Å². The average Bonchev–Trinajstić information content (AvgIpc) is 2.70. The van der Waals surface area contributed by atoms with Gasteiger partial charge in [0.25, 0.3) is 0 Å². The highest BCUT2D eigenvalue weighted by Crippen LogP contribution is 2.35. The van der Waals surface area contributed by atoms with Crippen LogP contribution in [0.2, 0.25) is 0 Å². The van der Waals surface area contributed by atoms with Crippen molar-refractivity contribution in [2.45, 2.75) is 46.5 Å². The van der Waals surface area contributed by atoms with Crippen LogP contribution in [0.5, 0.6) is 0 Å². The van der Waals surface area contributed by atoms with Gasteiger partial charge in [0.05, 0.1) is 6.26 Å². The predicted octanol–water partition coefficient (Wildman–Crippen LogP) is 4.46. The van der Waals surface area contributed by atoms with Crippen molar-refractivity contribution in [3.63, 3.8) is 0 Å². The molecule has 1 heterocycles. The van der Waals surface area contributed by atoms with E-state index in [1.807, 2.05) is 6.07 Å². The van der Waals surface area contributed by atoms with Crippen molar-refractivity contribution >= 4 is 0 Å². The van der Waals surface area contributed by atoms with Crippen molar-refractivity contribution in [1.29, 1.82) is 0 Å². The van der Waals surface area contributed by atoms with Gasteiger partial charge in [0.15, 0.2) is 0 Å². The first-order valence-electron chi connectivity index (χ1n) is 5.74. The summed E-state index contributed by atoms with van der Waals surface area (Å²) in [6.07, 6.45) is 4.22. The lowest BCUT2D eigenvalue weighted by atomic mass is 9.79. The molecular weight excluding hydrogens is 172 g/mol. The molecule has 0 aliphatic carbocycles. The van der Waals surface area contributed by atoms with Crippen LogP contribution in [0, 0.1) is 11.8 Å². The van der Waals surface area contributed by atoms with Gasteiger partial charge in [-0.2, -0.15) is 0 Å². The second-order valence-corrected chi connectivity index (χ2v) is 4.31. The quantitative estimate of drug-likeness (QED) is 0.674. The lowest BCUT2D eigenvalue weighted by molar-refractivity contribution is 0.284. The molecule has 0 saturated carbocycles. The van der Waals surface area contributed by atoms with E-state index in [1.165, 1.54) is 12.8 Å². The van der Waals surface area contributed by atoms with E-state index < -0.39 is 0 Å². The molecule has 1 aromatic heterocycles. The zero-order valence-electron chi connectivity index (χ0n) is 9.79. The molecule has 0 bridgehead atoms. The summed E-state index contributed by atoms with van der Waals surface area (Å²) in [7, 11) is 0. The molecule has 2 unspecified atom stereocenters. The van der Waals surface area contributed by atoms with Crippen LogP contribution >= 0.6 is 0 Å². The Hall–Kier alpha value is -0.720. The molecular formula is C13H22O. The van der Waals surface area contributed by atoms with Gasteiger partial charge in [-0.05, 0) is 24.0 Å². The van der Waals surface area contributed by atoms with Crippen LogP contribution in [0.25, 0.3) is 0 Å². The van der Waals surface area contributed by atoms with Gasteiger partial charge < -0.3 is 4.42 Å². The number of rotatable bonds is 5. The maximum Gasteiger partial charge on any atom is 0.107 e. The van der Waals surface area contributed by atoms with Gasteiger partial charge in [0, 0.05) is 5.92 Å². The molecule has 1 heteroatoms. The first-order valence-corrected chi connectivity index (χ1v) is 5.74. The summed E-state index contributed by atoms with van der Waals surface area (Å²) in [5.41, 5.74) is 0. The Kier molecular flexibility index (Phi) is 4.24. The van der Waals surface area contributed by atoms with Crippen LogP contribution in [-0.4, -0.2) is 0 Å². The summed E-state index contributed by atoms with van der Waals surface area (Å²) in [6.45, 7) is 9.14. The minimum Gasteiger partial charge on any atom is -0.469 e. The average molecular weight is 194 g/mol. The lowest BCUT2D eigenvalue weighted by Gasteiger charge is -2.26. The number of hydrogen-bond donors (Lipinski definition) is 0. The van der Waals surface area contributed by atoms with Crippen molar-refractivity contribution in [3.05, 3.63) is 24.2 Å². The van der Waals surface area contributed by atoms with Crippen molar-refractivity contribution in [2.75, 3.05) is 0 Å². The molecule has 0 fully saturated rings. The maximum absolute atomic E-state index is 5.54. The van der Waals surface area contributed by atoms with Crippen LogP contribution in [0.1, 0.15) is 52.2 Å². The first kappa shape index (κ1) is 11.4. The zero-order valence-corrected chi connectivity index (χ0v) is 9.79. The molecule has 1 rings (SSSR count). The molecule has 0 aromatic carbocycles. The lowest BCUT2D eigenvalue weighted by Crippen LogP contribution is -2.16. The molecule has 1 aromatic rings. The molecule has 0 spiro atoms. The highest BCUT2D eigenvalue weighted by atomic mass is 16.3. The van der Waals surface area contributed by atoms with Crippen molar-refractivity contribution in [3.8, 4) is 0 Å². The zero-order chi connectivity index (χ0) is 10.6. The summed E-state index contributed by atoms with van der Waals surface area (Å²) >= 11 is 0. The molecule has 0 radical (unpaired) electrons. The summed E-state index contributed by atoms with van der Waals surface area (Å²) in [5, 5.41) is 0. The van der Waals surface area contributed by atoms with Crippen LogP contribution in [-0.2, 0) is 0 Å². The van der Waals surface area contributed by atoms with E-state index in [9.17, 15) is 0 Å². The SMILES string of the molecule is CCC(C)C(c1ccco1)C(C)CC. The van der Waals surface area contributed by atoms with E-state index in [0.717, 1.165) is 5.76 Å². The summed E-state index contributed by atoms with van der Waals surface area (Å²) in [6, 6.07) is 4.11. The van der Waals surface area contributed by atoms with E-state index >= 15 is 0 Å². The fraction of sp³-hybridized carbons (Fsp3) is 0.692. The van der Waals surface area contributed by atoms with Crippen LogP contribution < -0.4 is 0 Å². The van der Waals surface area contributed by atoms with Crippen molar-refractivity contribution in [1.82, 2.24) is 0 Å². The van der Waals surface area contributed by atoms with Gasteiger partial charge in [0.2, 0.25) is 0 Å². The second-order valence-electron chi connectivity index (χ2n) is 4.31. The van der Waals surface area contributed by atoms with Gasteiger partial charge >= 0.3 is 0 Å². The smallest absolute Gasteiger partial charge is 0.107 e. The monoisotopic (exact) mass is 194 g/mol. The van der Waals surface area contributed by atoms with E-state index in [1.54, 1.807) is 6.26 Å². The Morgan fingerprint density at radius 2 is 1.71 bits per heavy atom. The third kappa shape index (κ3) is 2.40. The van der Waals surface area contributed by atoms with E-state index in [2.05, 4.69) is 33.8 Å². The number of furan rings is 1. The van der Waals surface area contributed by atoms with E-state index in [0.29, 0.717) is 17.8 Å². The molecule has 0 N–H and O–H groups in total. The fourth-order valence-corrected chi connectivity index (χ4v) is 2.11. The van der Waals surface area contributed by atoms with E-state index in [4.69, 9.17) is 4.42 Å². The molecule has 2 atom stereocenters. The Morgan fingerprint density at radius 1 is 1.14 bits per heavy atom. The standard InChI is InChI=1S/C13H22O/c1-5-10(3)13(11(4)6-2)12-8-7-9-14-12/h7-11,13H,5-6H2,1-4H3. The number of hydrogen-bond acceptors (Lipinski definition) is 1. The molecule has 0 aliphatic heterocycles. The predicted molar refractivity (Wildman–Crippen MR) is 60.4 cm³/mol. The minimum atomic E-state index is 0.583. The summed E-state index contributed by atoms with van der Waals surface area (Å²) in [5.74, 6) is 3.15. The molecule has 0 saturated heterocycles. The molecule has 14 heavy (non-hydrogen) atoms. The molecule has 1 nitrogen and oxygen atoms in total. The minimum absolute atomic E-state index is 0.583. The largest absolute Gasteiger partial charge is 0.469 e. The third-order valence-corrected chi connectivity index (χ3v) is 3.39. The van der Waals surface area contributed by atoms with E-state index in [-0.39, 0.29) is 0 Å². The fourth-order valence-electron chi connectivity index (χ4n) is 2.11. The maximum atomic E-state index is 5.54. The summed E-state index contributed by atoms with van der Waals surface area (Å²) in [4.78, 5) is 0.